The van der Waals surface area contributed by atoms with Crippen molar-refractivity contribution in [3.63, 3.8) is 0 Å². The molecule has 6 heteroatoms. The Balaban J connectivity index is 1.69. The molecule has 2 aromatic carbocycles. The Morgan fingerprint density at radius 1 is 1.16 bits per heavy atom. The number of rotatable bonds is 4. The van der Waals surface area contributed by atoms with Crippen LogP contribution < -0.4 is 10.2 Å². The fourth-order valence-corrected chi connectivity index (χ4v) is 3.03. The van der Waals surface area contributed by atoms with Gasteiger partial charge in [0.25, 0.3) is 5.91 Å². The third kappa shape index (κ3) is 3.96. The van der Waals surface area contributed by atoms with Crippen molar-refractivity contribution in [2.45, 2.75) is 18.9 Å². The summed E-state index contributed by atoms with van der Waals surface area (Å²) in [5.41, 5.74) is 0.930. The van der Waals surface area contributed by atoms with Crippen LogP contribution in [0.2, 0.25) is 0 Å². The lowest BCUT2D eigenvalue weighted by molar-refractivity contribution is 0.0893. The van der Waals surface area contributed by atoms with Crippen LogP contribution in [0.25, 0.3) is 0 Å². The molecule has 1 atom stereocenters. The molecule has 1 heterocycles. The van der Waals surface area contributed by atoms with Crippen LogP contribution in [0, 0.1) is 11.6 Å². The van der Waals surface area contributed by atoms with Crippen LogP contribution in [0.15, 0.2) is 42.5 Å². The van der Waals surface area contributed by atoms with Gasteiger partial charge in [0, 0.05) is 31.6 Å². The molecule has 132 valence electrons. The van der Waals surface area contributed by atoms with E-state index in [-0.39, 0.29) is 6.10 Å². The maximum Gasteiger partial charge on any atom is 0.261 e. The van der Waals surface area contributed by atoms with E-state index in [4.69, 9.17) is 4.74 Å². The number of carbonyl (C=O) groups excluding carboxylic acids is 1. The number of anilines is 2. The zero-order valence-corrected chi connectivity index (χ0v) is 14.0. The van der Waals surface area contributed by atoms with Crippen molar-refractivity contribution in [1.82, 2.24) is 0 Å². The van der Waals surface area contributed by atoms with E-state index < -0.39 is 23.1 Å². The second-order valence-corrected chi connectivity index (χ2v) is 6.04. The van der Waals surface area contributed by atoms with Gasteiger partial charge in [0.1, 0.15) is 17.2 Å². The molecule has 3 rings (SSSR count). The molecule has 0 aliphatic carbocycles. The highest BCUT2D eigenvalue weighted by atomic mass is 19.1. The molecule has 1 fully saturated rings. The minimum atomic E-state index is -0.881. The average molecular weight is 346 g/mol. The molecule has 4 nitrogen and oxygen atoms in total. The van der Waals surface area contributed by atoms with E-state index in [1.165, 1.54) is 6.07 Å². The van der Waals surface area contributed by atoms with Crippen molar-refractivity contribution in [3.8, 4) is 0 Å². The van der Waals surface area contributed by atoms with E-state index in [9.17, 15) is 13.6 Å². The minimum Gasteiger partial charge on any atom is -0.380 e. The normalized spacial score (nSPS) is 17.4. The quantitative estimate of drug-likeness (QED) is 0.915. The SMILES string of the molecule is CO[C@H]1CCCN(c2ccc(NC(=O)c3c(F)cccc3F)cc2)C1. The zero-order chi connectivity index (χ0) is 17.8. The molecule has 0 bridgehead atoms. The van der Waals surface area contributed by atoms with Crippen molar-refractivity contribution in [2.24, 2.45) is 0 Å². The second kappa shape index (κ2) is 7.61. The summed E-state index contributed by atoms with van der Waals surface area (Å²) in [6, 6.07) is 10.6. The summed E-state index contributed by atoms with van der Waals surface area (Å²) in [5, 5.41) is 2.53. The van der Waals surface area contributed by atoms with Crippen molar-refractivity contribution < 1.29 is 18.3 Å². The number of nitrogens with one attached hydrogen (secondary N) is 1. The van der Waals surface area contributed by atoms with Crippen LogP contribution in [0.3, 0.4) is 0 Å². The standard InChI is InChI=1S/C19H20F2N2O2/c1-25-15-4-3-11-23(12-15)14-9-7-13(8-10-14)22-19(24)18-16(20)5-2-6-17(18)21/h2,5-10,15H,3-4,11-12H2,1H3,(H,22,24)/t15-/m0/s1. The summed E-state index contributed by atoms with van der Waals surface area (Å²) in [7, 11) is 1.72. The topological polar surface area (TPSA) is 41.6 Å². The van der Waals surface area contributed by atoms with Crippen LogP contribution in [0.1, 0.15) is 23.2 Å². The molecule has 0 radical (unpaired) electrons. The van der Waals surface area contributed by atoms with Crippen molar-refractivity contribution in [2.75, 3.05) is 30.4 Å². The van der Waals surface area contributed by atoms with Gasteiger partial charge in [-0.05, 0) is 49.2 Å². The monoisotopic (exact) mass is 346 g/mol. The lowest BCUT2D eigenvalue weighted by Crippen LogP contribution is -2.39. The van der Waals surface area contributed by atoms with E-state index in [0.717, 1.165) is 43.8 Å². The number of piperidine rings is 1. The van der Waals surface area contributed by atoms with Gasteiger partial charge in [-0.15, -0.1) is 0 Å². The third-order valence-corrected chi connectivity index (χ3v) is 4.39. The average Bonchev–Trinajstić information content (AvgIpc) is 2.62. The maximum atomic E-state index is 13.7. The number of carbonyl (C=O) groups is 1. The van der Waals surface area contributed by atoms with Crippen LogP contribution >= 0.6 is 0 Å². The van der Waals surface area contributed by atoms with Gasteiger partial charge in [0.05, 0.1) is 6.10 Å². The predicted molar refractivity (Wildman–Crippen MR) is 93.0 cm³/mol. The highest BCUT2D eigenvalue weighted by Crippen LogP contribution is 2.23. The largest absolute Gasteiger partial charge is 0.380 e. The van der Waals surface area contributed by atoms with Gasteiger partial charge in [0.15, 0.2) is 0 Å². The van der Waals surface area contributed by atoms with Gasteiger partial charge in [-0.2, -0.15) is 0 Å². The third-order valence-electron chi connectivity index (χ3n) is 4.39. The van der Waals surface area contributed by atoms with Gasteiger partial charge in [-0.3, -0.25) is 4.79 Å². The smallest absolute Gasteiger partial charge is 0.261 e. The molecule has 0 aromatic heterocycles. The van der Waals surface area contributed by atoms with E-state index in [1.807, 2.05) is 12.1 Å². The lowest BCUT2D eigenvalue weighted by atomic mass is 10.1. The number of methoxy groups -OCH3 is 1. The van der Waals surface area contributed by atoms with Gasteiger partial charge in [0.2, 0.25) is 0 Å². The summed E-state index contributed by atoms with van der Waals surface area (Å²) in [4.78, 5) is 14.3. The van der Waals surface area contributed by atoms with Gasteiger partial charge in [-0.1, -0.05) is 6.07 Å². The Morgan fingerprint density at radius 3 is 2.48 bits per heavy atom. The second-order valence-electron chi connectivity index (χ2n) is 6.04. The molecule has 1 aliphatic heterocycles. The van der Waals surface area contributed by atoms with Crippen LogP contribution in [0.5, 0.6) is 0 Å². The molecular formula is C19H20F2N2O2. The van der Waals surface area contributed by atoms with E-state index in [1.54, 1.807) is 19.2 Å². The molecule has 1 saturated heterocycles. The first-order chi connectivity index (χ1) is 12.1. The van der Waals surface area contributed by atoms with E-state index in [0.29, 0.717) is 5.69 Å². The van der Waals surface area contributed by atoms with Crippen LogP contribution in [-0.4, -0.2) is 32.2 Å². The highest BCUT2D eigenvalue weighted by molar-refractivity contribution is 6.04. The summed E-state index contributed by atoms with van der Waals surface area (Å²) in [5.74, 6) is -2.57. The summed E-state index contributed by atoms with van der Waals surface area (Å²) in [6.07, 6.45) is 2.33. The van der Waals surface area contributed by atoms with Crippen molar-refractivity contribution in [3.05, 3.63) is 59.7 Å². The Morgan fingerprint density at radius 2 is 1.84 bits per heavy atom. The Kier molecular flexibility index (Phi) is 5.28. The number of amides is 1. The first-order valence-corrected chi connectivity index (χ1v) is 8.21. The van der Waals surface area contributed by atoms with Gasteiger partial charge < -0.3 is 15.0 Å². The summed E-state index contributed by atoms with van der Waals surface area (Å²) < 4.78 is 32.7. The predicted octanol–water partition coefficient (Wildman–Crippen LogP) is 3.83. The number of nitrogens with zero attached hydrogens (tertiary/aromatic N) is 1. The molecule has 1 N–H and O–H groups in total. The van der Waals surface area contributed by atoms with E-state index in [2.05, 4.69) is 10.2 Å². The first-order valence-electron chi connectivity index (χ1n) is 8.21. The van der Waals surface area contributed by atoms with Gasteiger partial charge in [-0.25, -0.2) is 8.78 Å². The van der Waals surface area contributed by atoms with Gasteiger partial charge >= 0.3 is 0 Å². The molecule has 0 unspecified atom stereocenters. The number of halogens is 2. The van der Waals surface area contributed by atoms with Crippen molar-refractivity contribution in [1.29, 1.82) is 0 Å². The molecule has 1 aliphatic rings. The molecule has 0 spiro atoms. The first kappa shape index (κ1) is 17.4. The molecule has 2 aromatic rings. The molecular weight excluding hydrogens is 326 g/mol. The lowest BCUT2D eigenvalue weighted by Gasteiger charge is -2.33. The van der Waals surface area contributed by atoms with Crippen LogP contribution in [-0.2, 0) is 4.74 Å². The molecule has 0 saturated carbocycles. The molecule has 25 heavy (non-hydrogen) atoms. The van der Waals surface area contributed by atoms with Crippen molar-refractivity contribution >= 4 is 17.3 Å². The van der Waals surface area contributed by atoms with Crippen LogP contribution in [0.4, 0.5) is 20.2 Å². The summed E-state index contributed by atoms with van der Waals surface area (Å²) >= 11 is 0. The number of hydrogen-bond donors (Lipinski definition) is 1. The number of hydrogen-bond acceptors (Lipinski definition) is 3. The number of benzene rings is 2. The Labute approximate surface area is 145 Å². The van der Waals surface area contributed by atoms with E-state index >= 15 is 0 Å². The molecule has 1 amide bonds. The Bertz CT molecular complexity index is 729. The maximum absolute atomic E-state index is 13.7. The summed E-state index contributed by atoms with van der Waals surface area (Å²) in [6.45, 7) is 1.77. The fraction of sp³-hybridized carbons (Fsp3) is 0.316. The Hall–Kier alpha value is -2.47. The number of ether oxygens (including phenoxy) is 1. The fourth-order valence-electron chi connectivity index (χ4n) is 3.03. The highest BCUT2D eigenvalue weighted by Gasteiger charge is 2.20. The zero-order valence-electron chi connectivity index (χ0n) is 14.0. The minimum absolute atomic E-state index is 0.220.